The molecule has 4 aromatic rings. The molecule has 0 bridgehead atoms. The van der Waals surface area contributed by atoms with Gasteiger partial charge in [0.05, 0.1) is 16.7 Å². The van der Waals surface area contributed by atoms with Crippen molar-refractivity contribution >= 4 is 26.4 Å². The normalized spacial score (nSPS) is 17.0. The first-order valence-electron chi connectivity index (χ1n) is 10.3. The van der Waals surface area contributed by atoms with Crippen LogP contribution in [0.2, 0.25) is 0 Å². The molecule has 1 fully saturated rings. The molecule has 1 aliphatic rings. The molecule has 2 aromatic carbocycles. The highest BCUT2D eigenvalue weighted by Crippen LogP contribution is 2.28. The summed E-state index contributed by atoms with van der Waals surface area (Å²) in [4.78, 5) is 0.181. The number of ether oxygens (including phenoxy) is 1. The summed E-state index contributed by atoms with van der Waals surface area (Å²) in [5.74, 6) is 0.512. The number of nitrogens with one attached hydrogen (secondary N) is 1. The minimum absolute atomic E-state index is 0.0689. The second-order valence-corrected chi connectivity index (χ2v) is 9.62. The van der Waals surface area contributed by atoms with Crippen molar-refractivity contribution in [2.75, 3.05) is 13.2 Å². The van der Waals surface area contributed by atoms with Crippen LogP contribution in [0.25, 0.3) is 27.8 Å². The maximum absolute atomic E-state index is 12.9. The van der Waals surface area contributed by atoms with Crippen molar-refractivity contribution < 1.29 is 13.2 Å². The van der Waals surface area contributed by atoms with Crippen molar-refractivity contribution in [1.29, 1.82) is 0 Å². The van der Waals surface area contributed by atoms with Gasteiger partial charge in [0.1, 0.15) is 0 Å². The molecule has 2 aromatic heterocycles. The number of aromatic nitrogens is 4. The Balaban J connectivity index is 1.57. The lowest BCUT2D eigenvalue weighted by atomic mass is 10.1. The molecule has 5 rings (SSSR count). The summed E-state index contributed by atoms with van der Waals surface area (Å²) >= 11 is 0. The molecule has 0 aliphatic carbocycles. The molecule has 1 N–H and O–H groups in total. The average Bonchev–Trinajstić information content (AvgIpc) is 3.43. The van der Waals surface area contributed by atoms with Crippen LogP contribution >= 0.6 is 0 Å². The number of fused-ring (bicyclic) bond motifs is 3. The summed E-state index contributed by atoms with van der Waals surface area (Å²) in [6.45, 7) is 4.81. The van der Waals surface area contributed by atoms with E-state index >= 15 is 0 Å². The summed E-state index contributed by atoms with van der Waals surface area (Å²) in [6.07, 6.45) is 1.76. The quantitative estimate of drug-likeness (QED) is 0.515. The maximum atomic E-state index is 12.9. The van der Waals surface area contributed by atoms with Crippen LogP contribution in [0.5, 0.6) is 0 Å². The standard InChI is InChI=1S/C22H23N5O3S/c1-14-9-10-17(31(28,29)23-13-16-6-5-11-30-16)12-20(14)22-25-24-21-19-8-4-3-7-18(19)15(2)26-27(21)22/h3-4,7-10,12,16,23H,5-6,11,13H2,1-2H3/t16-/m1/s1. The first-order valence-corrected chi connectivity index (χ1v) is 11.8. The number of benzene rings is 2. The van der Waals surface area contributed by atoms with E-state index in [1.54, 1.807) is 22.7 Å². The Morgan fingerprint density at radius 1 is 1.13 bits per heavy atom. The first kappa shape index (κ1) is 20.0. The molecule has 1 atom stereocenters. The van der Waals surface area contributed by atoms with Crippen LogP contribution in [-0.4, -0.2) is 47.5 Å². The second-order valence-electron chi connectivity index (χ2n) is 7.85. The number of rotatable bonds is 5. The van der Waals surface area contributed by atoms with E-state index in [9.17, 15) is 8.42 Å². The Bertz CT molecular complexity index is 1390. The molecule has 160 valence electrons. The lowest BCUT2D eigenvalue weighted by Crippen LogP contribution is -2.31. The summed E-state index contributed by atoms with van der Waals surface area (Å²) in [7, 11) is -3.68. The van der Waals surface area contributed by atoms with Gasteiger partial charge in [0, 0.05) is 29.5 Å². The summed E-state index contributed by atoms with van der Waals surface area (Å²) in [5, 5.41) is 15.4. The van der Waals surface area contributed by atoms with Crippen LogP contribution in [0, 0.1) is 13.8 Å². The molecule has 31 heavy (non-hydrogen) atoms. The van der Waals surface area contributed by atoms with E-state index in [0.717, 1.165) is 34.9 Å². The van der Waals surface area contributed by atoms with Crippen LogP contribution in [0.15, 0.2) is 47.4 Å². The Hall–Kier alpha value is -2.88. The summed E-state index contributed by atoms with van der Waals surface area (Å²) in [5.41, 5.74) is 3.05. The van der Waals surface area contributed by atoms with Crippen molar-refractivity contribution in [3.05, 3.63) is 53.7 Å². The average molecular weight is 438 g/mol. The molecule has 9 heteroatoms. The lowest BCUT2D eigenvalue weighted by Gasteiger charge is -2.13. The van der Waals surface area contributed by atoms with Crippen molar-refractivity contribution in [3.63, 3.8) is 0 Å². The zero-order chi connectivity index (χ0) is 21.6. The third kappa shape index (κ3) is 3.58. The predicted octanol–water partition coefficient (Wildman–Crippen LogP) is 3.02. The van der Waals surface area contributed by atoms with Crippen LogP contribution < -0.4 is 4.72 Å². The molecular formula is C22H23N5O3S. The van der Waals surface area contributed by atoms with E-state index in [1.165, 1.54) is 0 Å². The molecule has 0 spiro atoms. The van der Waals surface area contributed by atoms with E-state index < -0.39 is 10.0 Å². The summed E-state index contributed by atoms with van der Waals surface area (Å²) < 4.78 is 35.7. The van der Waals surface area contributed by atoms with E-state index in [0.29, 0.717) is 23.6 Å². The van der Waals surface area contributed by atoms with Crippen LogP contribution in [0.3, 0.4) is 0 Å². The van der Waals surface area contributed by atoms with Crippen LogP contribution in [0.4, 0.5) is 0 Å². The molecule has 0 saturated carbocycles. The fourth-order valence-electron chi connectivity index (χ4n) is 4.01. The van der Waals surface area contributed by atoms with Gasteiger partial charge in [-0.15, -0.1) is 10.2 Å². The largest absolute Gasteiger partial charge is 0.377 e. The number of hydrogen-bond acceptors (Lipinski definition) is 6. The minimum Gasteiger partial charge on any atom is -0.377 e. The molecular weight excluding hydrogens is 414 g/mol. The van der Waals surface area contributed by atoms with Gasteiger partial charge >= 0.3 is 0 Å². The third-order valence-electron chi connectivity index (χ3n) is 5.73. The maximum Gasteiger partial charge on any atom is 0.240 e. The monoisotopic (exact) mass is 437 g/mol. The lowest BCUT2D eigenvalue weighted by molar-refractivity contribution is 0.114. The zero-order valence-corrected chi connectivity index (χ0v) is 18.2. The van der Waals surface area contributed by atoms with Gasteiger partial charge in [0.25, 0.3) is 0 Å². The van der Waals surface area contributed by atoms with Crippen molar-refractivity contribution in [1.82, 2.24) is 24.5 Å². The Morgan fingerprint density at radius 2 is 1.94 bits per heavy atom. The molecule has 3 heterocycles. The molecule has 0 radical (unpaired) electrons. The van der Waals surface area contributed by atoms with Crippen LogP contribution in [0.1, 0.15) is 24.1 Å². The number of nitrogens with zero attached hydrogens (tertiary/aromatic N) is 4. The first-order chi connectivity index (χ1) is 14.9. The minimum atomic E-state index is -3.68. The fraction of sp³-hybridized carbons (Fsp3) is 0.318. The second kappa shape index (κ2) is 7.67. The van der Waals surface area contributed by atoms with Gasteiger partial charge in [-0.25, -0.2) is 13.1 Å². The van der Waals surface area contributed by atoms with Gasteiger partial charge in [-0.3, -0.25) is 0 Å². The molecule has 0 amide bonds. The number of aryl methyl sites for hydroxylation is 2. The predicted molar refractivity (Wildman–Crippen MR) is 117 cm³/mol. The van der Waals surface area contributed by atoms with Gasteiger partial charge < -0.3 is 4.74 Å². The highest BCUT2D eigenvalue weighted by atomic mass is 32.2. The van der Waals surface area contributed by atoms with Crippen molar-refractivity contribution in [3.8, 4) is 11.4 Å². The van der Waals surface area contributed by atoms with Gasteiger partial charge in [-0.05, 0) is 44.4 Å². The Labute approximate surface area is 180 Å². The molecule has 1 aliphatic heterocycles. The van der Waals surface area contributed by atoms with Gasteiger partial charge in [0.15, 0.2) is 11.5 Å². The Kier molecular flexibility index (Phi) is 4.96. The molecule has 0 unspecified atom stereocenters. The van der Waals surface area contributed by atoms with E-state index in [2.05, 4.69) is 20.0 Å². The van der Waals surface area contributed by atoms with E-state index in [-0.39, 0.29) is 17.5 Å². The van der Waals surface area contributed by atoms with E-state index in [1.807, 2.05) is 38.1 Å². The summed E-state index contributed by atoms with van der Waals surface area (Å²) in [6, 6.07) is 12.9. The number of hydrogen-bond donors (Lipinski definition) is 1. The molecule has 1 saturated heterocycles. The van der Waals surface area contributed by atoms with Gasteiger partial charge in [0.2, 0.25) is 10.0 Å². The van der Waals surface area contributed by atoms with Crippen molar-refractivity contribution in [2.45, 2.75) is 37.7 Å². The van der Waals surface area contributed by atoms with Gasteiger partial charge in [-0.2, -0.15) is 9.61 Å². The highest BCUT2D eigenvalue weighted by molar-refractivity contribution is 7.89. The number of sulfonamides is 1. The fourth-order valence-corrected chi connectivity index (χ4v) is 5.10. The smallest absolute Gasteiger partial charge is 0.240 e. The topological polar surface area (TPSA) is 98.5 Å². The SMILES string of the molecule is Cc1ccc(S(=O)(=O)NC[C@H]2CCCO2)cc1-c1nnc2c3ccccc3c(C)nn12. The third-order valence-corrected chi connectivity index (χ3v) is 7.15. The highest BCUT2D eigenvalue weighted by Gasteiger charge is 2.22. The van der Waals surface area contributed by atoms with Crippen molar-refractivity contribution in [2.24, 2.45) is 0 Å². The Morgan fingerprint density at radius 3 is 2.71 bits per heavy atom. The van der Waals surface area contributed by atoms with Crippen LogP contribution in [-0.2, 0) is 14.8 Å². The van der Waals surface area contributed by atoms with E-state index in [4.69, 9.17) is 4.74 Å². The van der Waals surface area contributed by atoms with Gasteiger partial charge in [-0.1, -0.05) is 30.3 Å². The molecule has 8 nitrogen and oxygen atoms in total. The zero-order valence-electron chi connectivity index (χ0n) is 17.4.